The third-order valence-electron chi connectivity index (χ3n) is 2.89. The van der Waals surface area contributed by atoms with E-state index in [0.717, 1.165) is 11.8 Å². The Morgan fingerprint density at radius 2 is 2.00 bits per heavy atom. The number of halogens is 2. The van der Waals surface area contributed by atoms with Gasteiger partial charge in [-0.15, -0.1) is 0 Å². The number of nitrogens with two attached hydrogens (primary N) is 1. The smallest absolute Gasteiger partial charge is 0.252 e. The van der Waals surface area contributed by atoms with E-state index in [-0.39, 0.29) is 22.8 Å². The van der Waals surface area contributed by atoms with E-state index in [2.05, 4.69) is 10.3 Å². The maximum atomic E-state index is 13.6. The third kappa shape index (κ3) is 5.56. The lowest BCUT2D eigenvalue weighted by atomic mass is 10.1. The van der Waals surface area contributed by atoms with Gasteiger partial charge in [-0.3, -0.25) is 4.79 Å². The topological polar surface area (TPSA) is 67.5 Å². The Morgan fingerprint density at radius 3 is 2.70 bits per heavy atom. The van der Waals surface area contributed by atoms with Crippen molar-refractivity contribution in [2.45, 2.75) is 6.42 Å². The largest absolute Gasteiger partial charge is 0.384 e. The third-order valence-corrected chi connectivity index (χ3v) is 3.12. The second kappa shape index (κ2) is 8.10. The van der Waals surface area contributed by atoms with E-state index in [4.69, 9.17) is 17.3 Å². The molecule has 0 radical (unpaired) electrons. The molecule has 2 aromatic carbocycles. The second-order valence-corrected chi connectivity index (χ2v) is 5.12. The van der Waals surface area contributed by atoms with Crippen LogP contribution < -0.4 is 11.1 Å². The zero-order chi connectivity index (χ0) is 16.7. The van der Waals surface area contributed by atoms with Gasteiger partial charge in [0.2, 0.25) is 0 Å². The van der Waals surface area contributed by atoms with Gasteiger partial charge in [0.25, 0.3) is 5.91 Å². The quantitative estimate of drug-likeness (QED) is 0.650. The maximum Gasteiger partial charge on any atom is 0.252 e. The van der Waals surface area contributed by atoms with Gasteiger partial charge in [-0.05, 0) is 35.9 Å². The fourth-order valence-electron chi connectivity index (χ4n) is 1.81. The van der Waals surface area contributed by atoms with Gasteiger partial charge in [0.05, 0.1) is 6.42 Å². The maximum absolute atomic E-state index is 13.6. The molecule has 0 fully saturated rings. The fraction of sp³-hybridized carbons (Fsp3) is 0.0588. The Morgan fingerprint density at radius 1 is 1.26 bits per heavy atom. The Kier molecular flexibility index (Phi) is 5.88. The molecule has 0 aromatic heterocycles. The lowest BCUT2D eigenvalue weighted by molar-refractivity contribution is -0.117. The van der Waals surface area contributed by atoms with Crippen LogP contribution in [0, 0.1) is 5.82 Å². The van der Waals surface area contributed by atoms with Crippen LogP contribution in [0.15, 0.2) is 65.8 Å². The van der Waals surface area contributed by atoms with E-state index in [0.29, 0.717) is 0 Å². The minimum atomic E-state index is -0.541. The Labute approximate surface area is 138 Å². The molecule has 1 amide bonds. The van der Waals surface area contributed by atoms with Gasteiger partial charge < -0.3 is 11.1 Å². The first-order valence-corrected chi connectivity index (χ1v) is 7.21. The molecule has 23 heavy (non-hydrogen) atoms. The van der Waals surface area contributed by atoms with E-state index in [1.807, 2.05) is 30.3 Å². The molecule has 0 aliphatic rings. The standard InChI is InChI=1S/C17H15ClFN3O/c18-13-7-6-12(15(19)11-13)10-17(23)22-16(20)8-9-21-14-4-2-1-3-5-14/h1-9,11,21H,10H2,(H2,20,22,23)/b9-8-. The number of hydrogen-bond donors (Lipinski definition) is 2. The summed E-state index contributed by atoms with van der Waals surface area (Å²) in [6, 6.07) is 13.6. The molecule has 0 atom stereocenters. The van der Waals surface area contributed by atoms with Crippen molar-refractivity contribution in [3.8, 4) is 0 Å². The molecule has 0 saturated carbocycles. The Bertz CT molecular complexity index is 745. The molecule has 0 aliphatic carbocycles. The molecule has 0 spiro atoms. The summed E-state index contributed by atoms with van der Waals surface area (Å²) < 4.78 is 13.6. The van der Waals surface area contributed by atoms with Crippen LogP contribution in [0.3, 0.4) is 0 Å². The van der Waals surface area contributed by atoms with Crippen LogP contribution in [0.2, 0.25) is 5.02 Å². The lowest BCUT2D eigenvalue weighted by Crippen LogP contribution is -2.13. The molecule has 2 aromatic rings. The predicted molar refractivity (Wildman–Crippen MR) is 90.9 cm³/mol. The number of para-hydroxylation sites is 1. The monoisotopic (exact) mass is 331 g/mol. The highest BCUT2D eigenvalue weighted by Gasteiger charge is 2.08. The van der Waals surface area contributed by atoms with Crippen molar-refractivity contribution in [1.82, 2.24) is 0 Å². The van der Waals surface area contributed by atoms with Crippen molar-refractivity contribution >= 4 is 29.0 Å². The SMILES string of the molecule is NC(/C=C\Nc1ccccc1)=NC(=O)Cc1ccc(Cl)cc1F. The number of amides is 1. The van der Waals surface area contributed by atoms with Gasteiger partial charge in [0.1, 0.15) is 11.7 Å². The van der Waals surface area contributed by atoms with E-state index < -0.39 is 11.7 Å². The number of aliphatic imine (C=N–C) groups is 1. The van der Waals surface area contributed by atoms with Crippen molar-refractivity contribution in [2.75, 3.05) is 5.32 Å². The van der Waals surface area contributed by atoms with Gasteiger partial charge in [0, 0.05) is 16.9 Å². The molecular weight excluding hydrogens is 317 g/mol. The number of carbonyl (C=O) groups is 1. The van der Waals surface area contributed by atoms with Crippen molar-refractivity contribution in [3.63, 3.8) is 0 Å². The molecule has 0 heterocycles. The number of anilines is 1. The normalized spacial score (nSPS) is 11.7. The zero-order valence-corrected chi connectivity index (χ0v) is 12.9. The average molecular weight is 332 g/mol. The Balaban J connectivity index is 1.93. The number of nitrogens with zero attached hydrogens (tertiary/aromatic N) is 1. The molecule has 4 nitrogen and oxygen atoms in total. The van der Waals surface area contributed by atoms with Crippen molar-refractivity contribution < 1.29 is 9.18 Å². The summed E-state index contributed by atoms with van der Waals surface area (Å²) >= 11 is 5.66. The molecule has 0 bridgehead atoms. The lowest BCUT2D eigenvalue weighted by Gasteiger charge is -2.01. The first kappa shape index (κ1) is 16.7. The fourth-order valence-corrected chi connectivity index (χ4v) is 1.97. The molecule has 6 heteroatoms. The van der Waals surface area contributed by atoms with Crippen LogP contribution >= 0.6 is 11.6 Å². The number of benzene rings is 2. The summed E-state index contributed by atoms with van der Waals surface area (Å²) in [7, 11) is 0. The van der Waals surface area contributed by atoms with E-state index in [9.17, 15) is 9.18 Å². The zero-order valence-electron chi connectivity index (χ0n) is 12.2. The average Bonchev–Trinajstić information content (AvgIpc) is 2.51. The summed E-state index contributed by atoms with van der Waals surface area (Å²) in [5.74, 6) is -1.04. The van der Waals surface area contributed by atoms with E-state index >= 15 is 0 Å². The molecule has 0 unspecified atom stereocenters. The molecule has 0 saturated heterocycles. The summed E-state index contributed by atoms with van der Waals surface area (Å²) in [6.07, 6.45) is 2.86. The minimum Gasteiger partial charge on any atom is -0.384 e. The van der Waals surface area contributed by atoms with Gasteiger partial charge in [0.15, 0.2) is 0 Å². The highest BCUT2D eigenvalue weighted by Crippen LogP contribution is 2.15. The molecule has 118 valence electrons. The first-order valence-electron chi connectivity index (χ1n) is 6.83. The number of nitrogens with one attached hydrogen (secondary N) is 1. The van der Waals surface area contributed by atoms with Crippen molar-refractivity contribution in [3.05, 3.63) is 77.2 Å². The number of carbonyl (C=O) groups excluding carboxylic acids is 1. The van der Waals surface area contributed by atoms with E-state index in [1.54, 1.807) is 6.20 Å². The van der Waals surface area contributed by atoms with Gasteiger partial charge in [-0.2, -0.15) is 4.99 Å². The first-order chi connectivity index (χ1) is 11.0. The minimum absolute atomic E-state index is 0.0350. The number of rotatable bonds is 5. The summed E-state index contributed by atoms with van der Waals surface area (Å²) in [5.41, 5.74) is 6.75. The van der Waals surface area contributed by atoms with Crippen molar-refractivity contribution in [1.29, 1.82) is 0 Å². The van der Waals surface area contributed by atoms with Crippen LogP contribution in [-0.4, -0.2) is 11.7 Å². The summed E-state index contributed by atoms with van der Waals surface area (Å²) in [4.78, 5) is 15.5. The van der Waals surface area contributed by atoms with Gasteiger partial charge >= 0.3 is 0 Å². The highest BCUT2D eigenvalue weighted by molar-refractivity contribution is 6.30. The van der Waals surface area contributed by atoms with E-state index in [1.165, 1.54) is 18.2 Å². The summed E-state index contributed by atoms with van der Waals surface area (Å²) in [6.45, 7) is 0. The highest BCUT2D eigenvalue weighted by atomic mass is 35.5. The van der Waals surface area contributed by atoms with Gasteiger partial charge in [-0.25, -0.2) is 4.39 Å². The summed E-state index contributed by atoms with van der Waals surface area (Å²) in [5, 5.41) is 3.26. The predicted octanol–water partition coefficient (Wildman–Crippen LogP) is 3.53. The molecule has 0 aliphatic heterocycles. The second-order valence-electron chi connectivity index (χ2n) is 4.69. The van der Waals surface area contributed by atoms with Crippen LogP contribution in [0.4, 0.5) is 10.1 Å². The van der Waals surface area contributed by atoms with Gasteiger partial charge in [-0.1, -0.05) is 35.9 Å². The van der Waals surface area contributed by atoms with Crippen LogP contribution in [-0.2, 0) is 11.2 Å². The molecular formula is C17H15ClFN3O. The Hall–Kier alpha value is -2.66. The van der Waals surface area contributed by atoms with Crippen LogP contribution in [0.25, 0.3) is 0 Å². The molecule has 2 rings (SSSR count). The molecule has 3 N–H and O–H groups in total. The van der Waals surface area contributed by atoms with Crippen molar-refractivity contribution in [2.24, 2.45) is 10.7 Å². The van der Waals surface area contributed by atoms with Crippen LogP contribution in [0.1, 0.15) is 5.56 Å². The number of amidine groups is 1. The van der Waals surface area contributed by atoms with Crippen LogP contribution in [0.5, 0.6) is 0 Å². The number of hydrogen-bond acceptors (Lipinski definition) is 2.